The number of hydrogen-bond donors (Lipinski definition) is 2. The summed E-state index contributed by atoms with van der Waals surface area (Å²) in [6.07, 6.45) is 1.03. The van der Waals surface area contributed by atoms with E-state index in [1.807, 2.05) is 0 Å². The van der Waals surface area contributed by atoms with Crippen molar-refractivity contribution in [1.29, 1.82) is 0 Å². The minimum atomic E-state index is -3.46. The molecular weight excluding hydrogens is 347 g/mol. The van der Waals surface area contributed by atoms with Gasteiger partial charge in [-0.3, -0.25) is 9.52 Å². The molecule has 0 spiro atoms. The van der Waals surface area contributed by atoms with Crippen molar-refractivity contribution in [3.63, 3.8) is 0 Å². The fourth-order valence-corrected chi connectivity index (χ4v) is 2.86. The Morgan fingerprint density at radius 2 is 1.55 bits per heavy atom. The number of para-hydroxylation sites is 2. The quantitative estimate of drug-likeness (QED) is 0.876. The number of carbonyl (C=O) groups is 1. The molecule has 0 aromatic heterocycles. The Labute approximate surface area is 138 Å². The molecule has 2 rings (SSSR count). The molecule has 0 unspecified atom stereocenters. The standard InChI is InChI=1S/C14H12Cl2N2O3S/c1-22(20,21)18-13-5-3-2-4-12(13)17-14(19)9-6-10(15)8-11(16)7-9/h2-8,18H,1H3,(H,17,19). The van der Waals surface area contributed by atoms with E-state index in [1.54, 1.807) is 24.3 Å². The second-order valence-electron chi connectivity index (χ2n) is 4.53. The van der Waals surface area contributed by atoms with Crippen LogP contribution in [-0.2, 0) is 10.0 Å². The SMILES string of the molecule is CS(=O)(=O)Nc1ccccc1NC(=O)c1cc(Cl)cc(Cl)c1. The van der Waals surface area contributed by atoms with Gasteiger partial charge >= 0.3 is 0 Å². The average Bonchev–Trinajstić information content (AvgIpc) is 2.38. The summed E-state index contributed by atoms with van der Waals surface area (Å²) in [6.45, 7) is 0. The molecule has 0 atom stereocenters. The lowest BCUT2D eigenvalue weighted by Gasteiger charge is -2.12. The third kappa shape index (κ3) is 4.62. The van der Waals surface area contributed by atoms with Gasteiger partial charge in [-0.1, -0.05) is 35.3 Å². The summed E-state index contributed by atoms with van der Waals surface area (Å²) in [7, 11) is -3.46. The lowest BCUT2D eigenvalue weighted by Crippen LogP contribution is -2.16. The normalized spacial score (nSPS) is 11.0. The predicted molar refractivity (Wildman–Crippen MR) is 89.3 cm³/mol. The number of halogens is 2. The Morgan fingerprint density at radius 1 is 1.00 bits per heavy atom. The Kier molecular flexibility index (Phi) is 4.95. The zero-order chi connectivity index (χ0) is 16.3. The number of carbonyl (C=O) groups excluding carboxylic acids is 1. The molecule has 0 bridgehead atoms. The second kappa shape index (κ2) is 6.56. The van der Waals surface area contributed by atoms with E-state index >= 15 is 0 Å². The summed E-state index contributed by atoms with van der Waals surface area (Å²) in [4.78, 5) is 12.2. The van der Waals surface area contributed by atoms with Gasteiger partial charge in [-0.05, 0) is 30.3 Å². The molecule has 2 aromatic rings. The van der Waals surface area contributed by atoms with Crippen LogP contribution in [0.15, 0.2) is 42.5 Å². The summed E-state index contributed by atoms with van der Waals surface area (Å²) >= 11 is 11.7. The highest BCUT2D eigenvalue weighted by Gasteiger charge is 2.12. The fourth-order valence-electron chi connectivity index (χ4n) is 1.76. The second-order valence-corrected chi connectivity index (χ2v) is 7.15. The molecule has 0 aliphatic rings. The fraction of sp³-hybridized carbons (Fsp3) is 0.0714. The largest absolute Gasteiger partial charge is 0.320 e. The van der Waals surface area contributed by atoms with Crippen molar-refractivity contribution in [3.05, 3.63) is 58.1 Å². The molecule has 0 heterocycles. The molecule has 5 nitrogen and oxygen atoms in total. The summed E-state index contributed by atoms with van der Waals surface area (Å²) in [6, 6.07) is 10.9. The number of hydrogen-bond acceptors (Lipinski definition) is 3. The molecule has 2 N–H and O–H groups in total. The van der Waals surface area contributed by atoms with Gasteiger partial charge in [0.05, 0.1) is 17.6 Å². The van der Waals surface area contributed by atoms with Crippen LogP contribution < -0.4 is 10.0 Å². The molecule has 0 saturated heterocycles. The van der Waals surface area contributed by atoms with Crippen molar-refractivity contribution in [3.8, 4) is 0 Å². The minimum Gasteiger partial charge on any atom is -0.320 e. The van der Waals surface area contributed by atoms with Crippen LogP contribution in [0.2, 0.25) is 10.0 Å². The molecule has 0 fully saturated rings. The first-order valence-electron chi connectivity index (χ1n) is 6.09. The van der Waals surface area contributed by atoms with Crippen molar-refractivity contribution in [2.24, 2.45) is 0 Å². The number of amides is 1. The maximum Gasteiger partial charge on any atom is 0.255 e. The molecule has 0 saturated carbocycles. The summed E-state index contributed by atoms with van der Waals surface area (Å²) in [5.74, 6) is -0.452. The highest BCUT2D eigenvalue weighted by atomic mass is 35.5. The van der Waals surface area contributed by atoms with Gasteiger partial charge in [-0.15, -0.1) is 0 Å². The molecule has 0 aliphatic carbocycles. The van der Waals surface area contributed by atoms with E-state index in [-0.39, 0.29) is 11.3 Å². The van der Waals surface area contributed by atoms with E-state index in [0.29, 0.717) is 15.7 Å². The minimum absolute atomic E-state index is 0.270. The Hall–Kier alpha value is -1.76. The van der Waals surface area contributed by atoms with Gasteiger partial charge in [0.1, 0.15) is 0 Å². The highest BCUT2D eigenvalue weighted by molar-refractivity contribution is 7.92. The zero-order valence-electron chi connectivity index (χ0n) is 11.4. The number of rotatable bonds is 4. The molecule has 1 amide bonds. The van der Waals surface area contributed by atoms with Crippen LogP contribution in [0.1, 0.15) is 10.4 Å². The Bertz CT molecular complexity index is 802. The van der Waals surface area contributed by atoms with Gasteiger partial charge in [0, 0.05) is 15.6 Å². The number of benzene rings is 2. The molecular formula is C14H12Cl2N2O3S. The van der Waals surface area contributed by atoms with E-state index in [0.717, 1.165) is 6.26 Å². The van der Waals surface area contributed by atoms with Gasteiger partial charge in [-0.2, -0.15) is 0 Å². The van der Waals surface area contributed by atoms with E-state index in [1.165, 1.54) is 18.2 Å². The zero-order valence-corrected chi connectivity index (χ0v) is 13.8. The molecule has 8 heteroatoms. The van der Waals surface area contributed by atoms with E-state index < -0.39 is 15.9 Å². The van der Waals surface area contributed by atoms with Crippen molar-refractivity contribution in [1.82, 2.24) is 0 Å². The smallest absolute Gasteiger partial charge is 0.255 e. The lowest BCUT2D eigenvalue weighted by molar-refractivity contribution is 0.102. The third-order valence-electron chi connectivity index (χ3n) is 2.60. The molecule has 0 radical (unpaired) electrons. The number of anilines is 2. The Morgan fingerprint density at radius 3 is 2.09 bits per heavy atom. The summed E-state index contributed by atoms with van der Waals surface area (Å²) in [5.41, 5.74) is 0.868. The first-order valence-corrected chi connectivity index (χ1v) is 8.73. The van der Waals surface area contributed by atoms with Gasteiger partial charge in [-0.25, -0.2) is 8.42 Å². The maximum absolute atomic E-state index is 12.2. The highest BCUT2D eigenvalue weighted by Crippen LogP contribution is 2.24. The monoisotopic (exact) mass is 358 g/mol. The van der Waals surface area contributed by atoms with Crippen molar-refractivity contribution in [2.75, 3.05) is 16.3 Å². The predicted octanol–water partition coefficient (Wildman–Crippen LogP) is 3.62. The van der Waals surface area contributed by atoms with Crippen LogP contribution in [0.5, 0.6) is 0 Å². The first kappa shape index (κ1) is 16.6. The Balaban J connectivity index is 2.29. The van der Waals surface area contributed by atoms with E-state index in [4.69, 9.17) is 23.2 Å². The van der Waals surface area contributed by atoms with E-state index in [9.17, 15) is 13.2 Å². The van der Waals surface area contributed by atoms with Gasteiger partial charge < -0.3 is 5.32 Å². The third-order valence-corrected chi connectivity index (χ3v) is 3.62. The van der Waals surface area contributed by atoms with Crippen LogP contribution in [0.25, 0.3) is 0 Å². The van der Waals surface area contributed by atoms with Gasteiger partial charge in [0.2, 0.25) is 10.0 Å². The van der Waals surface area contributed by atoms with Gasteiger partial charge in [0.15, 0.2) is 0 Å². The first-order chi connectivity index (χ1) is 10.2. The summed E-state index contributed by atoms with van der Waals surface area (Å²) < 4.78 is 25.0. The number of nitrogens with one attached hydrogen (secondary N) is 2. The summed E-state index contributed by atoms with van der Waals surface area (Å²) in [5, 5.41) is 3.29. The molecule has 2 aromatic carbocycles. The van der Waals surface area contributed by atoms with Crippen LogP contribution in [0.4, 0.5) is 11.4 Å². The lowest BCUT2D eigenvalue weighted by atomic mass is 10.2. The topological polar surface area (TPSA) is 75.3 Å². The van der Waals surface area contributed by atoms with Gasteiger partial charge in [0.25, 0.3) is 5.91 Å². The van der Waals surface area contributed by atoms with Crippen molar-refractivity contribution in [2.45, 2.75) is 0 Å². The average molecular weight is 359 g/mol. The maximum atomic E-state index is 12.2. The molecule has 0 aliphatic heterocycles. The van der Waals surface area contributed by atoms with Crippen LogP contribution in [0.3, 0.4) is 0 Å². The van der Waals surface area contributed by atoms with Crippen molar-refractivity contribution >= 4 is 50.5 Å². The van der Waals surface area contributed by atoms with Crippen LogP contribution in [0, 0.1) is 0 Å². The van der Waals surface area contributed by atoms with E-state index in [2.05, 4.69) is 10.0 Å². The number of sulfonamides is 1. The van der Waals surface area contributed by atoms with Crippen molar-refractivity contribution < 1.29 is 13.2 Å². The molecule has 116 valence electrons. The van der Waals surface area contributed by atoms with Crippen LogP contribution in [-0.4, -0.2) is 20.6 Å². The molecule has 22 heavy (non-hydrogen) atoms. The van der Waals surface area contributed by atoms with Crippen LogP contribution >= 0.6 is 23.2 Å².